The fourth-order valence-corrected chi connectivity index (χ4v) is 5.12. The molecular formula is C26H34ClN9O3S. The molecule has 0 unspecified atom stereocenters. The number of nitrogens with two attached hydrogens (primary N) is 1. The van der Waals surface area contributed by atoms with Gasteiger partial charge in [-0.2, -0.15) is 0 Å². The Balaban J connectivity index is 1.30. The number of carbonyl (C=O) groups is 2. The van der Waals surface area contributed by atoms with E-state index in [-0.39, 0.29) is 11.8 Å². The van der Waals surface area contributed by atoms with Gasteiger partial charge in [-0.3, -0.25) is 14.5 Å². The van der Waals surface area contributed by atoms with Crippen molar-refractivity contribution in [3.8, 4) is 0 Å². The number of para-hydroxylation sites is 1. The molecule has 0 spiro atoms. The van der Waals surface area contributed by atoms with Gasteiger partial charge >= 0.3 is 0 Å². The highest BCUT2D eigenvalue weighted by atomic mass is 35.5. The molecule has 2 aromatic heterocycles. The molecule has 0 atom stereocenters. The van der Waals surface area contributed by atoms with E-state index in [1.807, 2.05) is 32.0 Å². The molecule has 3 aromatic rings. The fraction of sp³-hybridized carbons (Fsp3) is 0.423. The summed E-state index contributed by atoms with van der Waals surface area (Å²) in [6, 6.07) is 7.32. The number of hydrogen-bond acceptors (Lipinski definition) is 11. The second kappa shape index (κ2) is 14.3. The molecule has 1 aromatic carbocycles. The van der Waals surface area contributed by atoms with E-state index in [0.29, 0.717) is 65.2 Å². The van der Waals surface area contributed by atoms with E-state index in [4.69, 9.17) is 22.1 Å². The fourth-order valence-electron chi connectivity index (χ4n) is 4.13. The quantitative estimate of drug-likeness (QED) is 0.233. The molecule has 5 N–H and O–H groups in total. The van der Waals surface area contributed by atoms with Crippen LogP contribution in [0.5, 0.6) is 0 Å². The topological polar surface area (TPSA) is 151 Å². The van der Waals surface area contributed by atoms with Gasteiger partial charge in [-0.1, -0.05) is 35.1 Å². The molecule has 4 rings (SSSR count). The highest BCUT2D eigenvalue weighted by Crippen LogP contribution is 2.28. The summed E-state index contributed by atoms with van der Waals surface area (Å²) < 4.78 is 5.28. The van der Waals surface area contributed by atoms with Crippen molar-refractivity contribution in [3.63, 3.8) is 0 Å². The maximum Gasteiger partial charge on any atom is 0.267 e. The maximum atomic E-state index is 12.8. The Labute approximate surface area is 242 Å². The summed E-state index contributed by atoms with van der Waals surface area (Å²) in [7, 11) is 0. The van der Waals surface area contributed by atoms with Gasteiger partial charge in [0.2, 0.25) is 5.91 Å². The molecule has 1 aliphatic heterocycles. The van der Waals surface area contributed by atoms with Crippen LogP contribution in [-0.2, 0) is 9.53 Å². The molecule has 0 radical (unpaired) electrons. The van der Waals surface area contributed by atoms with E-state index >= 15 is 0 Å². The lowest BCUT2D eigenvalue weighted by Gasteiger charge is -2.35. The first-order valence-corrected chi connectivity index (χ1v) is 14.2. The predicted molar refractivity (Wildman–Crippen MR) is 158 cm³/mol. The third kappa shape index (κ3) is 8.32. The number of thiazole rings is 1. The minimum atomic E-state index is -0.284. The average molecular weight is 588 g/mol. The van der Waals surface area contributed by atoms with Crippen LogP contribution in [0.4, 0.5) is 22.5 Å². The number of nitrogens with one attached hydrogen (secondary N) is 3. The molecule has 0 bridgehead atoms. The Morgan fingerprint density at radius 3 is 2.70 bits per heavy atom. The van der Waals surface area contributed by atoms with Crippen LogP contribution in [0.1, 0.15) is 21.1 Å². The highest BCUT2D eigenvalue weighted by Gasteiger charge is 2.21. The Bertz CT molecular complexity index is 1290. The smallest absolute Gasteiger partial charge is 0.267 e. The Morgan fingerprint density at radius 2 is 1.95 bits per heavy atom. The van der Waals surface area contributed by atoms with Crippen molar-refractivity contribution in [2.24, 2.45) is 5.73 Å². The van der Waals surface area contributed by atoms with E-state index in [2.05, 4.69) is 40.7 Å². The number of halogens is 1. The zero-order valence-corrected chi connectivity index (χ0v) is 24.1. The van der Waals surface area contributed by atoms with E-state index in [1.165, 1.54) is 17.5 Å². The molecule has 1 saturated heterocycles. The number of amides is 2. The molecule has 0 aliphatic carbocycles. The van der Waals surface area contributed by atoms with Gasteiger partial charge in [0, 0.05) is 45.3 Å². The Kier molecular flexibility index (Phi) is 10.6. The van der Waals surface area contributed by atoms with Crippen LogP contribution in [0, 0.1) is 13.8 Å². The lowest BCUT2D eigenvalue weighted by Crippen LogP contribution is -2.50. The van der Waals surface area contributed by atoms with Crippen LogP contribution in [0.2, 0.25) is 5.02 Å². The number of anilines is 4. The molecule has 12 nitrogen and oxygen atoms in total. The number of aryl methyl sites for hydroxylation is 2. The summed E-state index contributed by atoms with van der Waals surface area (Å²) in [6.45, 7) is 8.88. The minimum Gasteiger partial charge on any atom is -0.378 e. The normalized spacial score (nSPS) is 13.8. The van der Waals surface area contributed by atoms with Crippen molar-refractivity contribution in [1.29, 1.82) is 0 Å². The summed E-state index contributed by atoms with van der Waals surface area (Å²) in [5.41, 5.74) is 6.85. The first kappa shape index (κ1) is 29.6. The number of nitrogens with zero attached hydrogens (tertiary/aromatic N) is 5. The average Bonchev–Trinajstić information content (AvgIpc) is 3.39. The van der Waals surface area contributed by atoms with E-state index in [9.17, 15) is 9.59 Å². The van der Waals surface area contributed by atoms with Crippen LogP contribution in [0.15, 0.2) is 30.5 Å². The third-order valence-electron chi connectivity index (χ3n) is 6.14. The standard InChI is InChI=1S/C26H34ClN9O3S/c1-17-4-3-5-19(27)24(17)34-25(38)20-15-30-26(40-20)33-21-14-22(32-18(2)31-21)36-10-8-35(9-11-36)16-23(37)29-7-13-39-12-6-28/h3-5,14-15H,6-13,16,28H2,1-2H3,(H,29,37)(H,34,38)(H,30,31,32,33). The first-order chi connectivity index (χ1) is 19.3. The van der Waals surface area contributed by atoms with Crippen molar-refractivity contribution in [2.75, 3.05) is 74.6 Å². The molecule has 214 valence electrons. The van der Waals surface area contributed by atoms with Crippen LogP contribution in [-0.4, -0.2) is 90.7 Å². The summed E-state index contributed by atoms with van der Waals surface area (Å²) in [5.74, 6) is 1.69. The van der Waals surface area contributed by atoms with Crippen molar-refractivity contribution in [3.05, 3.63) is 51.7 Å². The zero-order chi connectivity index (χ0) is 28.5. The molecule has 3 heterocycles. The molecular weight excluding hydrogens is 554 g/mol. The van der Waals surface area contributed by atoms with E-state index < -0.39 is 0 Å². The van der Waals surface area contributed by atoms with Crippen LogP contribution >= 0.6 is 22.9 Å². The molecule has 1 aliphatic rings. The number of hydrogen-bond donors (Lipinski definition) is 4. The summed E-state index contributed by atoms with van der Waals surface area (Å²) in [5, 5.41) is 9.95. The van der Waals surface area contributed by atoms with Gasteiger partial charge in [0.1, 0.15) is 22.3 Å². The number of rotatable bonds is 12. The predicted octanol–water partition coefficient (Wildman–Crippen LogP) is 2.41. The van der Waals surface area contributed by atoms with Crippen LogP contribution < -0.4 is 26.6 Å². The third-order valence-corrected chi connectivity index (χ3v) is 7.37. The maximum absolute atomic E-state index is 12.8. The van der Waals surface area contributed by atoms with Gasteiger partial charge in [-0.25, -0.2) is 15.0 Å². The minimum absolute atomic E-state index is 0.0207. The van der Waals surface area contributed by atoms with Crippen molar-refractivity contribution in [2.45, 2.75) is 13.8 Å². The monoisotopic (exact) mass is 587 g/mol. The second-order valence-electron chi connectivity index (χ2n) is 9.21. The lowest BCUT2D eigenvalue weighted by atomic mass is 10.2. The summed E-state index contributed by atoms with van der Waals surface area (Å²) in [6.07, 6.45) is 1.52. The molecule has 40 heavy (non-hydrogen) atoms. The van der Waals surface area contributed by atoms with Crippen molar-refractivity contribution in [1.82, 2.24) is 25.2 Å². The van der Waals surface area contributed by atoms with Gasteiger partial charge < -0.3 is 31.3 Å². The van der Waals surface area contributed by atoms with Crippen molar-refractivity contribution >= 4 is 57.2 Å². The number of piperazine rings is 1. The molecule has 1 fully saturated rings. The van der Waals surface area contributed by atoms with E-state index in [1.54, 1.807) is 6.07 Å². The largest absolute Gasteiger partial charge is 0.378 e. The zero-order valence-electron chi connectivity index (χ0n) is 22.6. The lowest BCUT2D eigenvalue weighted by molar-refractivity contribution is -0.122. The van der Waals surface area contributed by atoms with Gasteiger partial charge in [-0.15, -0.1) is 0 Å². The second-order valence-corrected chi connectivity index (χ2v) is 10.7. The molecule has 2 amide bonds. The van der Waals surface area contributed by atoms with Gasteiger partial charge in [-0.05, 0) is 25.5 Å². The summed E-state index contributed by atoms with van der Waals surface area (Å²) in [4.78, 5) is 43.2. The van der Waals surface area contributed by atoms with Gasteiger partial charge in [0.25, 0.3) is 5.91 Å². The van der Waals surface area contributed by atoms with Crippen LogP contribution in [0.25, 0.3) is 0 Å². The van der Waals surface area contributed by atoms with Crippen molar-refractivity contribution < 1.29 is 14.3 Å². The summed E-state index contributed by atoms with van der Waals surface area (Å²) >= 11 is 7.46. The molecule has 0 saturated carbocycles. The Hall–Kier alpha value is -3.36. The van der Waals surface area contributed by atoms with Gasteiger partial charge in [0.05, 0.1) is 36.7 Å². The number of carbonyl (C=O) groups excluding carboxylic acids is 2. The first-order valence-electron chi connectivity index (χ1n) is 13.0. The number of aromatic nitrogens is 3. The SMILES string of the molecule is Cc1nc(Nc2ncc(C(=O)Nc3c(C)cccc3Cl)s2)cc(N2CCN(CC(=O)NCCOCCN)CC2)n1. The number of ether oxygens (including phenoxy) is 1. The van der Waals surface area contributed by atoms with Gasteiger partial charge in [0.15, 0.2) is 5.13 Å². The number of benzene rings is 1. The Morgan fingerprint density at radius 1 is 1.15 bits per heavy atom. The van der Waals surface area contributed by atoms with E-state index in [0.717, 1.165) is 37.6 Å². The van der Waals surface area contributed by atoms with Crippen LogP contribution in [0.3, 0.4) is 0 Å². The molecule has 14 heteroatoms. The highest BCUT2D eigenvalue weighted by molar-refractivity contribution is 7.17.